The van der Waals surface area contributed by atoms with E-state index in [1.165, 1.54) is 11.1 Å². The highest BCUT2D eigenvalue weighted by atomic mass is 32.1. The fourth-order valence-electron chi connectivity index (χ4n) is 3.52. The summed E-state index contributed by atoms with van der Waals surface area (Å²) in [6.45, 7) is 6.26. The van der Waals surface area contributed by atoms with Gasteiger partial charge in [-0.05, 0) is 74.4 Å². The Labute approximate surface area is 190 Å². The fourth-order valence-corrected chi connectivity index (χ4v) is 3.85. The van der Waals surface area contributed by atoms with E-state index in [-0.39, 0.29) is 11.6 Å². The number of aromatic amines is 1. The van der Waals surface area contributed by atoms with Crippen LogP contribution in [0.5, 0.6) is 0 Å². The Hall–Kier alpha value is -2.70. The summed E-state index contributed by atoms with van der Waals surface area (Å²) >= 11 is 5.77. The number of H-pyrrole nitrogens is 1. The number of nitrogens with one attached hydrogen (secondary N) is 2. The maximum absolute atomic E-state index is 12.8. The van der Waals surface area contributed by atoms with Crippen molar-refractivity contribution in [3.05, 3.63) is 81.6 Å². The normalized spacial score (nSPS) is 12.2. The average Bonchev–Trinajstić information content (AvgIpc) is 2.76. The molecule has 1 heterocycles. The molecule has 3 rings (SSSR count). The lowest BCUT2D eigenvalue weighted by molar-refractivity contribution is 0.320. The van der Waals surface area contributed by atoms with Crippen molar-refractivity contribution in [1.29, 1.82) is 0 Å². The quantitative estimate of drug-likeness (QED) is 0.521. The van der Waals surface area contributed by atoms with Crippen molar-refractivity contribution >= 4 is 28.2 Å². The number of hydrogen-bond donors (Lipinski definition) is 2. The minimum atomic E-state index is -0.0643. The molecule has 0 aliphatic carbocycles. The highest BCUT2D eigenvalue weighted by Crippen LogP contribution is 2.16. The molecule has 0 unspecified atom stereocenters. The summed E-state index contributed by atoms with van der Waals surface area (Å²) in [5, 5.41) is 5.15. The van der Waals surface area contributed by atoms with Gasteiger partial charge in [0.1, 0.15) is 0 Å². The molecule has 0 fully saturated rings. The Morgan fingerprint density at radius 2 is 1.84 bits per heavy atom. The van der Waals surface area contributed by atoms with Crippen molar-refractivity contribution < 1.29 is 0 Å². The summed E-state index contributed by atoms with van der Waals surface area (Å²) in [7, 11) is 4.08. The van der Waals surface area contributed by atoms with E-state index in [1.807, 2.05) is 44.4 Å². The van der Waals surface area contributed by atoms with Crippen molar-refractivity contribution in [3.8, 4) is 0 Å². The van der Waals surface area contributed by atoms with Crippen molar-refractivity contribution in [3.63, 3.8) is 0 Å². The molecule has 5 nitrogen and oxygen atoms in total. The molecule has 0 bridgehead atoms. The Morgan fingerprint density at radius 1 is 1.10 bits per heavy atom. The van der Waals surface area contributed by atoms with Gasteiger partial charge in [0, 0.05) is 24.2 Å². The molecule has 3 aromatic rings. The number of pyridine rings is 1. The van der Waals surface area contributed by atoms with Crippen LogP contribution in [0.1, 0.15) is 36.6 Å². The summed E-state index contributed by atoms with van der Waals surface area (Å²) < 4.78 is 0. The lowest BCUT2D eigenvalue weighted by atomic mass is 10.1. The number of rotatable bonds is 8. The van der Waals surface area contributed by atoms with Gasteiger partial charge >= 0.3 is 0 Å². The van der Waals surface area contributed by atoms with E-state index < -0.39 is 0 Å². The van der Waals surface area contributed by atoms with Gasteiger partial charge < -0.3 is 20.1 Å². The Balaban J connectivity index is 1.83. The molecule has 164 valence electrons. The lowest BCUT2D eigenvalue weighted by Gasteiger charge is -2.29. The summed E-state index contributed by atoms with van der Waals surface area (Å²) in [6, 6.07) is 18.5. The first-order valence-electron chi connectivity index (χ1n) is 10.8. The third kappa shape index (κ3) is 6.15. The van der Waals surface area contributed by atoms with Gasteiger partial charge in [0.2, 0.25) is 0 Å². The highest BCUT2D eigenvalue weighted by Gasteiger charge is 2.16. The Morgan fingerprint density at radius 3 is 2.52 bits per heavy atom. The molecule has 1 atom stereocenters. The molecule has 0 spiro atoms. The van der Waals surface area contributed by atoms with E-state index in [4.69, 9.17) is 12.2 Å². The minimum Gasteiger partial charge on any atom is -0.356 e. The summed E-state index contributed by atoms with van der Waals surface area (Å²) in [5.41, 5.74) is 3.95. The number of aryl methyl sites for hydroxylation is 1. The van der Waals surface area contributed by atoms with Gasteiger partial charge in [0.25, 0.3) is 5.56 Å². The van der Waals surface area contributed by atoms with Crippen LogP contribution in [-0.4, -0.2) is 47.1 Å². The van der Waals surface area contributed by atoms with Crippen molar-refractivity contribution in [2.24, 2.45) is 0 Å². The largest absolute Gasteiger partial charge is 0.356 e. The van der Waals surface area contributed by atoms with Gasteiger partial charge in [-0.15, -0.1) is 0 Å². The maximum Gasteiger partial charge on any atom is 0.253 e. The first-order valence-corrected chi connectivity index (χ1v) is 11.2. The van der Waals surface area contributed by atoms with Gasteiger partial charge in [-0.3, -0.25) is 4.79 Å². The van der Waals surface area contributed by atoms with E-state index >= 15 is 0 Å². The van der Waals surface area contributed by atoms with E-state index in [9.17, 15) is 4.79 Å². The number of aromatic nitrogens is 1. The molecule has 6 heteroatoms. The first kappa shape index (κ1) is 23.0. The second-order valence-corrected chi connectivity index (χ2v) is 8.59. The molecular weight excluding hydrogens is 404 g/mol. The van der Waals surface area contributed by atoms with Crippen LogP contribution in [0.25, 0.3) is 10.9 Å². The van der Waals surface area contributed by atoms with Crippen LogP contribution < -0.4 is 10.9 Å². The maximum atomic E-state index is 12.8. The molecule has 2 N–H and O–H groups in total. The summed E-state index contributed by atoms with van der Waals surface area (Å²) in [6.07, 6.45) is 0.963. The molecule has 31 heavy (non-hydrogen) atoms. The fraction of sp³-hybridized carbons (Fsp3) is 0.360. The smallest absolute Gasteiger partial charge is 0.253 e. The van der Waals surface area contributed by atoms with Crippen molar-refractivity contribution in [2.75, 3.05) is 27.2 Å². The molecule has 0 amide bonds. The molecule has 0 aliphatic heterocycles. The number of nitrogens with zero attached hydrogens (tertiary/aromatic N) is 2. The summed E-state index contributed by atoms with van der Waals surface area (Å²) in [4.78, 5) is 20.0. The molecule has 0 saturated heterocycles. The molecule has 1 aromatic heterocycles. The summed E-state index contributed by atoms with van der Waals surface area (Å²) in [5.74, 6) is 0. The van der Waals surface area contributed by atoms with Gasteiger partial charge in [0.15, 0.2) is 5.11 Å². The van der Waals surface area contributed by atoms with Crippen molar-refractivity contribution in [1.82, 2.24) is 20.1 Å². The second kappa shape index (κ2) is 10.6. The van der Waals surface area contributed by atoms with E-state index in [0.717, 1.165) is 36.0 Å². The lowest BCUT2D eigenvalue weighted by Crippen LogP contribution is -2.44. The van der Waals surface area contributed by atoms with Gasteiger partial charge in [-0.1, -0.05) is 43.3 Å². The number of benzene rings is 2. The predicted octanol–water partition coefficient (Wildman–Crippen LogP) is 4.09. The van der Waals surface area contributed by atoms with Crippen LogP contribution in [-0.2, 0) is 13.0 Å². The standard InChI is InChI=1S/C25H32N4OS/c1-5-19-11-12-23-21(15-19)16-22(24(30)27-23)17-29(14-13-28(3)4)25(31)26-18(2)20-9-7-6-8-10-20/h6-12,15-16,18H,5,13-14,17H2,1-4H3,(H,26,31)(H,27,30)/t18-/m1/s1. The number of thiocarbonyl (C=S) groups is 1. The first-order chi connectivity index (χ1) is 14.9. The van der Waals surface area contributed by atoms with Gasteiger partial charge in [-0.25, -0.2) is 0 Å². The zero-order chi connectivity index (χ0) is 22.4. The van der Waals surface area contributed by atoms with E-state index in [1.54, 1.807) is 0 Å². The van der Waals surface area contributed by atoms with Crippen LogP contribution in [0.2, 0.25) is 0 Å². The topological polar surface area (TPSA) is 51.4 Å². The molecular formula is C25H32N4OS. The predicted molar refractivity (Wildman–Crippen MR) is 134 cm³/mol. The van der Waals surface area contributed by atoms with Crippen LogP contribution in [0.3, 0.4) is 0 Å². The molecule has 2 aromatic carbocycles. The number of hydrogen-bond acceptors (Lipinski definition) is 3. The zero-order valence-corrected chi connectivity index (χ0v) is 19.6. The molecule has 0 saturated carbocycles. The van der Waals surface area contributed by atoms with Crippen molar-refractivity contribution in [2.45, 2.75) is 32.9 Å². The third-order valence-corrected chi connectivity index (χ3v) is 5.87. The second-order valence-electron chi connectivity index (χ2n) is 8.21. The van der Waals surface area contributed by atoms with Gasteiger partial charge in [0.05, 0.1) is 12.6 Å². The zero-order valence-electron chi connectivity index (χ0n) is 18.8. The average molecular weight is 437 g/mol. The number of likely N-dealkylation sites (N-methyl/N-ethyl adjacent to an activating group) is 1. The Kier molecular flexibility index (Phi) is 7.82. The molecule has 0 radical (unpaired) electrons. The highest BCUT2D eigenvalue weighted by molar-refractivity contribution is 7.80. The van der Waals surface area contributed by atoms with Crippen LogP contribution in [0.15, 0.2) is 59.4 Å². The monoisotopic (exact) mass is 436 g/mol. The minimum absolute atomic E-state index is 0.0643. The van der Waals surface area contributed by atoms with E-state index in [2.05, 4.69) is 58.2 Å². The van der Waals surface area contributed by atoms with E-state index in [0.29, 0.717) is 11.7 Å². The van der Waals surface area contributed by atoms with Crippen LogP contribution in [0, 0.1) is 0 Å². The third-order valence-electron chi connectivity index (χ3n) is 5.50. The Bertz CT molecular complexity index is 1080. The number of fused-ring (bicyclic) bond motifs is 1. The van der Waals surface area contributed by atoms with Crippen LogP contribution in [0.4, 0.5) is 0 Å². The SMILES string of the molecule is CCc1ccc2[nH]c(=O)c(CN(CCN(C)C)C(=S)N[C@H](C)c3ccccc3)cc2c1. The van der Waals surface area contributed by atoms with Crippen LogP contribution >= 0.6 is 12.2 Å². The molecule has 0 aliphatic rings. The van der Waals surface area contributed by atoms with Gasteiger partial charge in [-0.2, -0.15) is 0 Å².